The molecule has 1 N–H and O–H groups in total. The van der Waals surface area contributed by atoms with Crippen LogP contribution in [-0.2, 0) is 13.2 Å². The predicted octanol–water partition coefficient (Wildman–Crippen LogP) is 6.26. The van der Waals surface area contributed by atoms with Crippen molar-refractivity contribution in [3.05, 3.63) is 93.5 Å². The number of hydrogen-bond acceptors (Lipinski definition) is 2. The molecule has 0 aliphatic carbocycles. The Labute approximate surface area is 158 Å². The van der Waals surface area contributed by atoms with Crippen LogP contribution in [-0.4, -0.2) is 0 Å². The molecule has 0 aliphatic rings. The molecule has 3 rings (SSSR count). The summed E-state index contributed by atoms with van der Waals surface area (Å²) in [6.45, 7) is 5.55. The van der Waals surface area contributed by atoms with E-state index in [4.69, 9.17) is 4.74 Å². The van der Waals surface area contributed by atoms with Gasteiger partial charge >= 0.3 is 0 Å². The van der Waals surface area contributed by atoms with Crippen LogP contribution in [0.2, 0.25) is 0 Å². The van der Waals surface area contributed by atoms with Gasteiger partial charge in [0.05, 0.1) is 4.47 Å². The molecule has 0 atom stereocenters. The molecular formula is C22H22BrNO. The number of rotatable bonds is 6. The highest BCUT2D eigenvalue weighted by molar-refractivity contribution is 9.10. The minimum atomic E-state index is 0.569. The van der Waals surface area contributed by atoms with Gasteiger partial charge < -0.3 is 10.1 Å². The Morgan fingerprint density at radius 3 is 2.32 bits per heavy atom. The van der Waals surface area contributed by atoms with Gasteiger partial charge in [0.2, 0.25) is 0 Å². The Hall–Kier alpha value is -2.26. The second-order valence-electron chi connectivity index (χ2n) is 6.21. The van der Waals surface area contributed by atoms with Gasteiger partial charge in [-0.3, -0.25) is 0 Å². The lowest BCUT2D eigenvalue weighted by Gasteiger charge is -2.12. The van der Waals surface area contributed by atoms with Crippen LogP contribution in [0.3, 0.4) is 0 Å². The van der Waals surface area contributed by atoms with Gasteiger partial charge in [-0.15, -0.1) is 0 Å². The molecule has 2 nitrogen and oxygen atoms in total. The highest BCUT2D eigenvalue weighted by Crippen LogP contribution is 2.27. The Kier molecular flexibility index (Phi) is 5.77. The first-order valence-corrected chi connectivity index (χ1v) is 9.17. The summed E-state index contributed by atoms with van der Waals surface area (Å²) in [5, 5.41) is 3.48. The monoisotopic (exact) mass is 395 g/mol. The molecule has 0 unspecified atom stereocenters. The SMILES string of the molecule is Cc1ccc(COc2ccc(CNc3ccccc3C)cc2Br)cc1. The number of ether oxygens (including phenoxy) is 1. The maximum atomic E-state index is 5.93. The lowest BCUT2D eigenvalue weighted by molar-refractivity contribution is 0.304. The lowest BCUT2D eigenvalue weighted by Crippen LogP contribution is -2.01. The molecule has 0 radical (unpaired) electrons. The number of anilines is 1. The third kappa shape index (κ3) is 4.86. The fraction of sp³-hybridized carbons (Fsp3) is 0.182. The zero-order valence-electron chi connectivity index (χ0n) is 14.6. The quantitative estimate of drug-likeness (QED) is 0.531. The molecule has 0 spiro atoms. The first kappa shape index (κ1) is 17.6. The van der Waals surface area contributed by atoms with Crippen LogP contribution in [0.15, 0.2) is 71.2 Å². The second kappa shape index (κ2) is 8.21. The minimum absolute atomic E-state index is 0.569. The normalized spacial score (nSPS) is 10.5. The average molecular weight is 396 g/mol. The molecule has 3 aromatic carbocycles. The molecule has 0 saturated carbocycles. The summed E-state index contributed by atoms with van der Waals surface area (Å²) in [5.41, 5.74) is 6.05. The summed E-state index contributed by atoms with van der Waals surface area (Å²) >= 11 is 3.62. The number of nitrogens with one attached hydrogen (secondary N) is 1. The van der Waals surface area contributed by atoms with E-state index >= 15 is 0 Å². The van der Waals surface area contributed by atoms with E-state index in [-0.39, 0.29) is 0 Å². The number of hydrogen-bond donors (Lipinski definition) is 1. The molecule has 25 heavy (non-hydrogen) atoms. The van der Waals surface area contributed by atoms with Crippen molar-refractivity contribution in [3.8, 4) is 5.75 Å². The second-order valence-corrected chi connectivity index (χ2v) is 7.06. The summed E-state index contributed by atoms with van der Waals surface area (Å²) < 4.78 is 6.91. The lowest BCUT2D eigenvalue weighted by atomic mass is 10.1. The summed E-state index contributed by atoms with van der Waals surface area (Å²) in [6.07, 6.45) is 0. The van der Waals surface area contributed by atoms with Crippen molar-refractivity contribution in [1.29, 1.82) is 0 Å². The van der Waals surface area contributed by atoms with Crippen LogP contribution < -0.4 is 10.1 Å². The molecular weight excluding hydrogens is 374 g/mol. The maximum absolute atomic E-state index is 5.93. The molecule has 3 aromatic rings. The van der Waals surface area contributed by atoms with Crippen LogP contribution >= 0.6 is 15.9 Å². The molecule has 3 heteroatoms. The molecule has 0 amide bonds. The van der Waals surface area contributed by atoms with E-state index in [1.54, 1.807) is 0 Å². The Balaban J connectivity index is 1.60. The van der Waals surface area contributed by atoms with E-state index in [0.29, 0.717) is 6.61 Å². The van der Waals surface area contributed by atoms with Gasteiger partial charge in [-0.1, -0.05) is 54.1 Å². The fourth-order valence-corrected chi connectivity index (χ4v) is 3.13. The fourth-order valence-electron chi connectivity index (χ4n) is 2.59. The number of halogens is 1. The van der Waals surface area contributed by atoms with Crippen molar-refractivity contribution in [1.82, 2.24) is 0 Å². The van der Waals surface area contributed by atoms with Crippen LogP contribution in [0.1, 0.15) is 22.3 Å². The van der Waals surface area contributed by atoms with Crippen molar-refractivity contribution in [2.45, 2.75) is 27.0 Å². The number of benzene rings is 3. The van der Waals surface area contributed by atoms with Crippen molar-refractivity contribution < 1.29 is 4.74 Å². The third-order valence-electron chi connectivity index (χ3n) is 4.14. The molecule has 128 valence electrons. The van der Waals surface area contributed by atoms with Gasteiger partial charge in [-0.25, -0.2) is 0 Å². The van der Waals surface area contributed by atoms with Crippen molar-refractivity contribution in [3.63, 3.8) is 0 Å². The third-order valence-corrected chi connectivity index (χ3v) is 4.76. The Bertz CT molecular complexity index is 843. The van der Waals surface area contributed by atoms with E-state index in [0.717, 1.165) is 16.8 Å². The van der Waals surface area contributed by atoms with E-state index in [2.05, 4.69) is 89.7 Å². The van der Waals surface area contributed by atoms with E-state index in [1.165, 1.54) is 27.9 Å². The Morgan fingerprint density at radius 2 is 1.60 bits per heavy atom. The molecule has 0 aromatic heterocycles. The van der Waals surface area contributed by atoms with E-state index in [1.807, 2.05) is 12.1 Å². The van der Waals surface area contributed by atoms with E-state index in [9.17, 15) is 0 Å². The highest BCUT2D eigenvalue weighted by Gasteiger charge is 2.04. The van der Waals surface area contributed by atoms with Crippen molar-refractivity contribution >= 4 is 21.6 Å². The molecule has 0 bridgehead atoms. The summed E-state index contributed by atoms with van der Waals surface area (Å²) in [6, 6.07) is 23.0. The zero-order chi connectivity index (χ0) is 17.6. The summed E-state index contributed by atoms with van der Waals surface area (Å²) in [5.74, 6) is 0.861. The summed E-state index contributed by atoms with van der Waals surface area (Å²) in [7, 11) is 0. The van der Waals surface area contributed by atoms with Gasteiger partial charge in [0.25, 0.3) is 0 Å². The van der Waals surface area contributed by atoms with Crippen LogP contribution in [0.5, 0.6) is 5.75 Å². The summed E-state index contributed by atoms with van der Waals surface area (Å²) in [4.78, 5) is 0. The van der Waals surface area contributed by atoms with Crippen LogP contribution in [0.25, 0.3) is 0 Å². The predicted molar refractivity (Wildman–Crippen MR) is 108 cm³/mol. The van der Waals surface area contributed by atoms with Crippen LogP contribution in [0, 0.1) is 13.8 Å². The largest absolute Gasteiger partial charge is 0.488 e. The Morgan fingerprint density at radius 1 is 0.880 bits per heavy atom. The smallest absolute Gasteiger partial charge is 0.134 e. The number of para-hydroxylation sites is 1. The topological polar surface area (TPSA) is 21.3 Å². The van der Waals surface area contributed by atoms with Crippen molar-refractivity contribution in [2.24, 2.45) is 0 Å². The molecule has 0 saturated heterocycles. The molecule has 0 fully saturated rings. The van der Waals surface area contributed by atoms with Gasteiger partial charge in [0.15, 0.2) is 0 Å². The first-order valence-electron chi connectivity index (χ1n) is 8.38. The van der Waals surface area contributed by atoms with Gasteiger partial charge in [0, 0.05) is 12.2 Å². The zero-order valence-corrected chi connectivity index (χ0v) is 16.1. The van der Waals surface area contributed by atoms with Crippen LogP contribution in [0.4, 0.5) is 5.69 Å². The van der Waals surface area contributed by atoms with E-state index < -0.39 is 0 Å². The molecule has 0 aliphatic heterocycles. The average Bonchev–Trinajstić information content (AvgIpc) is 2.62. The first-order chi connectivity index (χ1) is 12.1. The number of aryl methyl sites for hydroxylation is 2. The van der Waals surface area contributed by atoms with Gasteiger partial charge in [0.1, 0.15) is 12.4 Å². The highest BCUT2D eigenvalue weighted by atomic mass is 79.9. The van der Waals surface area contributed by atoms with Gasteiger partial charge in [-0.2, -0.15) is 0 Å². The van der Waals surface area contributed by atoms with Gasteiger partial charge in [-0.05, 0) is 64.7 Å². The maximum Gasteiger partial charge on any atom is 0.134 e. The molecule has 0 heterocycles. The minimum Gasteiger partial charge on any atom is -0.488 e. The van der Waals surface area contributed by atoms with Crippen molar-refractivity contribution in [2.75, 3.05) is 5.32 Å². The standard InChI is InChI=1S/C22H22BrNO/c1-16-7-9-18(10-8-16)15-25-22-12-11-19(13-20(22)23)14-24-21-6-4-3-5-17(21)2/h3-13,24H,14-15H2,1-2H3.